The standard InChI is InChI=1S/C27H37N3O2/c1-25-10-6-18(30(3)24(31)22-9-13-28-32-22)14-17(25)4-5-19-20(25)7-12-27-16-29(2)23-15-26(23,27)11-8-21(19)27/h4,9,13,18-21,23H,5-8,10-12,14-16H2,1-3H3/t18-,19+,20?,21-,23-,25-,26-,27+/m0/s1. The third kappa shape index (κ3) is 2.24. The molecule has 5 fully saturated rings. The number of piperidine rings is 1. The van der Waals surface area contributed by atoms with Crippen LogP contribution in [-0.4, -0.2) is 53.6 Å². The predicted octanol–water partition coefficient (Wildman–Crippen LogP) is 4.76. The van der Waals surface area contributed by atoms with E-state index >= 15 is 0 Å². The van der Waals surface area contributed by atoms with Crippen LogP contribution in [0.25, 0.3) is 0 Å². The largest absolute Gasteiger partial charge is 0.351 e. The summed E-state index contributed by atoms with van der Waals surface area (Å²) in [4.78, 5) is 17.5. The molecule has 1 amide bonds. The van der Waals surface area contributed by atoms with Crippen molar-refractivity contribution in [2.75, 3.05) is 20.6 Å². The van der Waals surface area contributed by atoms with E-state index < -0.39 is 0 Å². The van der Waals surface area contributed by atoms with Crippen LogP contribution in [0.2, 0.25) is 0 Å². The van der Waals surface area contributed by atoms with Gasteiger partial charge in [-0.1, -0.05) is 23.7 Å². The van der Waals surface area contributed by atoms with E-state index in [1.54, 1.807) is 17.8 Å². The first-order valence-corrected chi connectivity index (χ1v) is 13.0. The molecule has 0 bridgehead atoms. The van der Waals surface area contributed by atoms with E-state index in [1.165, 1.54) is 51.5 Å². The lowest BCUT2D eigenvalue weighted by atomic mass is 9.46. The van der Waals surface area contributed by atoms with Crippen molar-refractivity contribution in [2.24, 2.45) is 34.0 Å². The highest BCUT2D eigenvalue weighted by Crippen LogP contribution is 2.80. The maximum Gasteiger partial charge on any atom is 0.292 e. The quantitative estimate of drug-likeness (QED) is 0.629. The van der Waals surface area contributed by atoms with Gasteiger partial charge in [-0.25, -0.2) is 0 Å². The lowest BCUT2D eigenvalue weighted by Gasteiger charge is -2.59. The summed E-state index contributed by atoms with van der Waals surface area (Å²) in [6.45, 7) is 3.95. The number of nitrogens with zero attached hydrogens (tertiary/aromatic N) is 3. The van der Waals surface area contributed by atoms with Crippen LogP contribution >= 0.6 is 0 Å². The summed E-state index contributed by atoms with van der Waals surface area (Å²) in [5, 5.41) is 3.72. The molecule has 5 heteroatoms. The minimum absolute atomic E-state index is 0.0365. The summed E-state index contributed by atoms with van der Waals surface area (Å²) in [5.74, 6) is 2.98. The molecule has 8 atom stereocenters. The fourth-order valence-electron chi connectivity index (χ4n) is 10.2. The van der Waals surface area contributed by atoms with E-state index in [0.717, 1.165) is 36.6 Å². The molecule has 5 nitrogen and oxygen atoms in total. The molecule has 1 aliphatic heterocycles. The van der Waals surface area contributed by atoms with Gasteiger partial charge in [-0.15, -0.1) is 0 Å². The molecule has 7 rings (SSSR count). The van der Waals surface area contributed by atoms with Gasteiger partial charge < -0.3 is 14.3 Å². The molecule has 0 N–H and O–H groups in total. The van der Waals surface area contributed by atoms with Crippen LogP contribution in [0.15, 0.2) is 28.4 Å². The first kappa shape index (κ1) is 19.8. The average molecular weight is 436 g/mol. The second-order valence-electron chi connectivity index (χ2n) is 12.5. The Kier molecular flexibility index (Phi) is 3.89. The summed E-state index contributed by atoms with van der Waals surface area (Å²) in [6.07, 6.45) is 16.2. The predicted molar refractivity (Wildman–Crippen MR) is 122 cm³/mol. The highest BCUT2D eigenvalue weighted by Gasteiger charge is 2.78. The molecular weight excluding hydrogens is 398 g/mol. The first-order chi connectivity index (χ1) is 15.4. The topological polar surface area (TPSA) is 49.6 Å². The van der Waals surface area contributed by atoms with Crippen molar-refractivity contribution >= 4 is 5.91 Å². The van der Waals surface area contributed by atoms with Crippen LogP contribution in [0.3, 0.4) is 0 Å². The zero-order chi connectivity index (χ0) is 21.9. The number of hydrogen-bond acceptors (Lipinski definition) is 4. The van der Waals surface area contributed by atoms with Gasteiger partial charge in [0.05, 0.1) is 6.20 Å². The van der Waals surface area contributed by atoms with Crippen molar-refractivity contribution in [3.05, 3.63) is 29.7 Å². The highest BCUT2D eigenvalue weighted by atomic mass is 16.5. The number of fused-ring (bicyclic) bond motifs is 4. The molecular formula is C27H37N3O2. The van der Waals surface area contributed by atoms with Crippen molar-refractivity contribution in [3.63, 3.8) is 0 Å². The smallest absolute Gasteiger partial charge is 0.292 e. The number of likely N-dealkylation sites (tertiary alicyclic amines) is 1. The van der Waals surface area contributed by atoms with E-state index in [2.05, 4.69) is 30.1 Å². The van der Waals surface area contributed by atoms with Crippen molar-refractivity contribution < 1.29 is 9.32 Å². The van der Waals surface area contributed by atoms with Gasteiger partial charge >= 0.3 is 0 Å². The van der Waals surface area contributed by atoms with Gasteiger partial charge in [-0.3, -0.25) is 4.79 Å². The lowest BCUT2D eigenvalue weighted by Crippen LogP contribution is -2.53. The second-order valence-corrected chi connectivity index (χ2v) is 12.5. The number of carbonyl (C=O) groups excluding carboxylic acids is 1. The first-order valence-electron chi connectivity index (χ1n) is 13.0. The summed E-state index contributed by atoms with van der Waals surface area (Å²) < 4.78 is 5.14. The van der Waals surface area contributed by atoms with Crippen molar-refractivity contribution in [3.8, 4) is 0 Å². The molecule has 172 valence electrons. The van der Waals surface area contributed by atoms with Gasteiger partial charge in [0.15, 0.2) is 0 Å². The van der Waals surface area contributed by atoms with E-state index in [1.807, 2.05) is 11.9 Å². The SMILES string of the molecule is CN1C[C@]23CCC4[C@@H](CC=C5C[C@@H](N(C)C(=O)c6ccno6)CC[C@@]54C)[C@@H]2CC[C@@]32C[C@H]12. The van der Waals surface area contributed by atoms with Crippen molar-refractivity contribution in [2.45, 2.75) is 76.8 Å². The number of rotatable bonds is 2. The average Bonchev–Trinajstić information content (AvgIpc) is 3.07. The van der Waals surface area contributed by atoms with Gasteiger partial charge in [-0.05, 0) is 98.8 Å². The highest BCUT2D eigenvalue weighted by molar-refractivity contribution is 5.91. The fraction of sp³-hybridized carbons (Fsp3) is 0.778. The molecule has 0 radical (unpaired) electrons. The number of aromatic nitrogens is 1. The van der Waals surface area contributed by atoms with Crippen LogP contribution in [0.4, 0.5) is 0 Å². The third-order valence-corrected chi connectivity index (χ3v) is 11.8. The maximum atomic E-state index is 12.8. The van der Waals surface area contributed by atoms with E-state index in [4.69, 9.17) is 4.52 Å². The van der Waals surface area contributed by atoms with Gasteiger partial charge in [0.25, 0.3) is 5.91 Å². The normalized spacial score (nSPS) is 48.7. The molecule has 1 aromatic rings. The molecule has 2 spiro atoms. The van der Waals surface area contributed by atoms with Gasteiger partial charge in [0.2, 0.25) is 5.76 Å². The summed E-state index contributed by atoms with van der Waals surface area (Å²) in [6, 6.07) is 2.85. The molecule has 2 heterocycles. The zero-order valence-corrected chi connectivity index (χ0v) is 19.8. The maximum absolute atomic E-state index is 12.8. The Morgan fingerprint density at radius 1 is 1.19 bits per heavy atom. The Morgan fingerprint density at radius 2 is 2.00 bits per heavy atom. The Morgan fingerprint density at radius 3 is 2.78 bits per heavy atom. The Hall–Kier alpha value is -1.62. The number of amides is 1. The van der Waals surface area contributed by atoms with Crippen LogP contribution < -0.4 is 0 Å². The minimum atomic E-state index is -0.0365. The number of allylic oxidation sites excluding steroid dienone is 1. The Labute approximate surface area is 191 Å². The summed E-state index contributed by atoms with van der Waals surface area (Å²) in [7, 11) is 4.34. The van der Waals surface area contributed by atoms with Crippen LogP contribution in [0.5, 0.6) is 0 Å². The summed E-state index contributed by atoms with van der Waals surface area (Å²) in [5.41, 5.74) is 3.31. The fourth-order valence-corrected chi connectivity index (χ4v) is 10.2. The molecule has 1 unspecified atom stereocenters. The third-order valence-electron chi connectivity index (χ3n) is 11.8. The monoisotopic (exact) mass is 435 g/mol. The van der Waals surface area contributed by atoms with Crippen molar-refractivity contribution in [1.29, 1.82) is 0 Å². The lowest BCUT2D eigenvalue weighted by molar-refractivity contribution is -0.0539. The summed E-state index contributed by atoms with van der Waals surface area (Å²) >= 11 is 0. The molecule has 4 saturated carbocycles. The molecule has 32 heavy (non-hydrogen) atoms. The molecule has 1 aromatic heterocycles. The minimum Gasteiger partial charge on any atom is -0.351 e. The van der Waals surface area contributed by atoms with Crippen LogP contribution in [-0.2, 0) is 0 Å². The second kappa shape index (κ2) is 6.28. The molecule has 6 aliphatic rings. The van der Waals surface area contributed by atoms with Gasteiger partial charge in [-0.2, -0.15) is 0 Å². The van der Waals surface area contributed by atoms with Gasteiger partial charge in [0.1, 0.15) is 0 Å². The van der Waals surface area contributed by atoms with Crippen LogP contribution in [0.1, 0.15) is 75.3 Å². The van der Waals surface area contributed by atoms with Crippen LogP contribution in [0, 0.1) is 34.0 Å². The number of hydrogen-bond donors (Lipinski definition) is 0. The van der Waals surface area contributed by atoms with Gasteiger partial charge in [0, 0.05) is 31.7 Å². The zero-order valence-electron chi connectivity index (χ0n) is 19.8. The molecule has 1 saturated heterocycles. The molecule has 0 aromatic carbocycles. The van der Waals surface area contributed by atoms with E-state index in [9.17, 15) is 4.79 Å². The van der Waals surface area contributed by atoms with Crippen molar-refractivity contribution in [1.82, 2.24) is 15.0 Å². The molecule has 5 aliphatic carbocycles. The Bertz CT molecular complexity index is 987. The van der Waals surface area contributed by atoms with E-state index in [-0.39, 0.29) is 11.9 Å². The number of carbonyl (C=O) groups is 1. The Balaban J connectivity index is 1.14. The van der Waals surface area contributed by atoms with E-state index in [0.29, 0.717) is 22.0 Å².